The fourth-order valence-corrected chi connectivity index (χ4v) is 2.82. The summed E-state index contributed by atoms with van der Waals surface area (Å²) in [6.07, 6.45) is 0. The third-order valence-corrected chi connectivity index (χ3v) is 4.57. The van der Waals surface area contributed by atoms with E-state index in [9.17, 15) is 4.79 Å². The van der Waals surface area contributed by atoms with Gasteiger partial charge in [0.25, 0.3) is 5.91 Å². The van der Waals surface area contributed by atoms with Gasteiger partial charge < -0.3 is 14.8 Å². The van der Waals surface area contributed by atoms with Gasteiger partial charge in [-0.3, -0.25) is 10.1 Å². The standard InChI is InChI=1S/C17H15BrCl2N2O3S/c1-24-6-7-25-15-5-2-10(18)8-12(15)16(23)22-17(26)21-11-3-4-13(19)14(20)9-11/h2-5,8-9H,6-7H2,1H3,(H2,21,22,23,26). The normalized spacial score (nSPS) is 10.3. The minimum absolute atomic E-state index is 0.121. The molecule has 0 fully saturated rings. The maximum Gasteiger partial charge on any atom is 0.261 e. The van der Waals surface area contributed by atoms with Crippen molar-refractivity contribution in [2.45, 2.75) is 0 Å². The van der Waals surface area contributed by atoms with Gasteiger partial charge in [0.15, 0.2) is 5.11 Å². The second-order valence-electron chi connectivity index (χ2n) is 5.02. The number of rotatable bonds is 6. The Morgan fingerprint density at radius 1 is 1.15 bits per heavy atom. The molecule has 0 aliphatic heterocycles. The number of amides is 1. The Kier molecular flexibility index (Phi) is 8.12. The first-order valence-corrected chi connectivity index (χ1v) is 9.35. The molecule has 2 rings (SSSR count). The highest BCUT2D eigenvalue weighted by molar-refractivity contribution is 9.10. The van der Waals surface area contributed by atoms with Gasteiger partial charge in [0.1, 0.15) is 12.4 Å². The van der Waals surface area contributed by atoms with Gasteiger partial charge in [0.2, 0.25) is 0 Å². The zero-order valence-electron chi connectivity index (χ0n) is 13.6. The van der Waals surface area contributed by atoms with Gasteiger partial charge in [0, 0.05) is 17.3 Å². The summed E-state index contributed by atoms with van der Waals surface area (Å²) >= 11 is 20.4. The molecule has 0 saturated heterocycles. The van der Waals surface area contributed by atoms with Crippen molar-refractivity contribution in [3.8, 4) is 5.75 Å². The van der Waals surface area contributed by atoms with Crippen LogP contribution in [0.3, 0.4) is 0 Å². The van der Waals surface area contributed by atoms with E-state index in [2.05, 4.69) is 26.6 Å². The highest BCUT2D eigenvalue weighted by Crippen LogP contribution is 2.25. The number of carbonyl (C=O) groups is 1. The zero-order valence-corrected chi connectivity index (χ0v) is 17.6. The van der Waals surface area contributed by atoms with Crippen molar-refractivity contribution < 1.29 is 14.3 Å². The molecule has 0 saturated carbocycles. The van der Waals surface area contributed by atoms with E-state index in [0.29, 0.717) is 40.3 Å². The van der Waals surface area contributed by atoms with Crippen LogP contribution in [0, 0.1) is 0 Å². The smallest absolute Gasteiger partial charge is 0.261 e. The third kappa shape index (κ3) is 6.10. The van der Waals surface area contributed by atoms with Crippen molar-refractivity contribution in [3.63, 3.8) is 0 Å². The number of hydrogen-bond acceptors (Lipinski definition) is 4. The lowest BCUT2D eigenvalue weighted by Gasteiger charge is -2.13. The van der Waals surface area contributed by atoms with Crippen molar-refractivity contribution in [2.75, 3.05) is 25.6 Å². The number of ether oxygens (including phenoxy) is 2. The molecular weight excluding hydrogens is 463 g/mol. The fourth-order valence-electron chi connectivity index (χ4n) is 1.95. The molecule has 0 radical (unpaired) electrons. The Bertz CT molecular complexity index is 821. The van der Waals surface area contributed by atoms with Crippen molar-refractivity contribution in [1.29, 1.82) is 0 Å². The number of carbonyl (C=O) groups excluding carboxylic acids is 1. The number of hydrogen-bond donors (Lipinski definition) is 2. The summed E-state index contributed by atoms with van der Waals surface area (Å²) in [4.78, 5) is 12.6. The molecule has 0 atom stereocenters. The van der Waals surface area contributed by atoms with E-state index in [0.717, 1.165) is 4.47 Å². The van der Waals surface area contributed by atoms with Gasteiger partial charge >= 0.3 is 0 Å². The molecule has 0 heterocycles. The Morgan fingerprint density at radius 2 is 1.92 bits per heavy atom. The van der Waals surface area contributed by atoms with E-state index in [1.165, 1.54) is 0 Å². The number of thiocarbonyl (C=S) groups is 1. The highest BCUT2D eigenvalue weighted by Gasteiger charge is 2.15. The Labute approximate surface area is 175 Å². The van der Waals surface area contributed by atoms with Crippen molar-refractivity contribution in [1.82, 2.24) is 5.32 Å². The molecule has 0 aromatic heterocycles. The van der Waals surface area contributed by atoms with E-state index in [1.54, 1.807) is 43.5 Å². The molecular formula is C17H15BrCl2N2O3S. The maximum absolute atomic E-state index is 12.6. The van der Waals surface area contributed by atoms with Crippen LogP contribution in [-0.4, -0.2) is 31.3 Å². The number of benzene rings is 2. The minimum atomic E-state index is -0.406. The number of nitrogens with one attached hydrogen (secondary N) is 2. The molecule has 9 heteroatoms. The van der Waals surface area contributed by atoms with Crippen LogP contribution in [0.15, 0.2) is 40.9 Å². The molecule has 0 aliphatic carbocycles. The Morgan fingerprint density at radius 3 is 2.62 bits per heavy atom. The largest absolute Gasteiger partial charge is 0.490 e. The van der Waals surface area contributed by atoms with Crippen LogP contribution in [0.5, 0.6) is 5.75 Å². The predicted molar refractivity (Wildman–Crippen MR) is 112 cm³/mol. The van der Waals surface area contributed by atoms with Gasteiger partial charge in [-0.15, -0.1) is 0 Å². The number of halogens is 3. The van der Waals surface area contributed by atoms with Gasteiger partial charge in [-0.25, -0.2) is 0 Å². The van der Waals surface area contributed by atoms with Crippen LogP contribution in [0.2, 0.25) is 10.0 Å². The molecule has 0 aliphatic rings. The van der Waals surface area contributed by atoms with Crippen molar-refractivity contribution in [3.05, 3.63) is 56.5 Å². The van der Waals surface area contributed by atoms with E-state index < -0.39 is 5.91 Å². The summed E-state index contributed by atoms with van der Waals surface area (Å²) in [5.41, 5.74) is 0.948. The van der Waals surface area contributed by atoms with Gasteiger partial charge in [-0.05, 0) is 48.6 Å². The van der Waals surface area contributed by atoms with Gasteiger partial charge in [-0.2, -0.15) is 0 Å². The molecule has 1 amide bonds. The van der Waals surface area contributed by atoms with Crippen LogP contribution in [0.25, 0.3) is 0 Å². The Hall–Kier alpha value is -1.38. The zero-order chi connectivity index (χ0) is 19.1. The third-order valence-electron chi connectivity index (χ3n) is 3.14. The highest BCUT2D eigenvalue weighted by atomic mass is 79.9. The quantitative estimate of drug-likeness (QED) is 0.457. The average molecular weight is 478 g/mol. The van der Waals surface area contributed by atoms with E-state index in [4.69, 9.17) is 44.9 Å². The van der Waals surface area contributed by atoms with Gasteiger partial charge in [-0.1, -0.05) is 39.1 Å². The monoisotopic (exact) mass is 476 g/mol. The van der Waals surface area contributed by atoms with Crippen molar-refractivity contribution >= 4 is 68.1 Å². The molecule has 0 unspecified atom stereocenters. The van der Waals surface area contributed by atoms with Gasteiger partial charge in [0.05, 0.1) is 22.2 Å². The molecule has 2 aromatic carbocycles. The molecule has 5 nitrogen and oxygen atoms in total. The summed E-state index contributed by atoms with van der Waals surface area (Å²) in [6.45, 7) is 0.735. The van der Waals surface area contributed by atoms with Crippen LogP contribution in [0.1, 0.15) is 10.4 Å². The lowest BCUT2D eigenvalue weighted by atomic mass is 10.2. The number of anilines is 1. The Balaban J connectivity index is 2.07. The fraction of sp³-hybridized carbons (Fsp3) is 0.176. The molecule has 0 spiro atoms. The summed E-state index contributed by atoms with van der Waals surface area (Å²) in [6, 6.07) is 10.1. The van der Waals surface area contributed by atoms with Crippen LogP contribution >= 0.6 is 51.3 Å². The van der Waals surface area contributed by atoms with Crippen LogP contribution < -0.4 is 15.4 Å². The molecule has 0 bridgehead atoms. The summed E-state index contributed by atoms with van der Waals surface area (Å²) in [7, 11) is 1.58. The molecule has 26 heavy (non-hydrogen) atoms. The summed E-state index contributed by atoms with van der Waals surface area (Å²) in [5.74, 6) is 0.0244. The topological polar surface area (TPSA) is 59.6 Å². The maximum atomic E-state index is 12.6. The van der Waals surface area contributed by atoms with E-state index in [1.807, 2.05) is 0 Å². The molecule has 138 valence electrons. The lowest BCUT2D eigenvalue weighted by Crippen LogP contribution is -2.34. The predicted octanol–water partition coefficient (Wildman–Crippen LogP) is 4.91. The first-order valence-electron chi connectivity index (χ1n) is 7.39. The number of methoxy groups -OCH3 is 1. The van der Waals surface area contributed by atoms with Crippen LogP contribution in [-0.2, 0) is 4.74 Å². The second-order valence-corrected chi connectivity index (χ2v) is 7.16. The molecule has 2 aromatic rings. The van der Waals surface area contributed by atoms with Crippen LogP contribution in [0.4, 0.5) is 5.69 Å². The molecule has 2 N–H and O–H groups in total. The van der Waals surface area contributed by atoms with Crippen molar-refractivity contribution in [2.24, 2.45) is 0 Å². The SMILES string of the molecule is COCCOc1ccc(Br)cc1C(=O)NC(=S)Nc1ccc(Cl)c(Cl)c1. The summed E-state index contributed by atoms with van der Waals surface area (Å²) < 4.78 is 11.3. The average Bonchev–Trinajstić information content (AvgIpc) is 2.59. The van der Waals surface area contributed by atoms with E-state index >= 15 is 0 Å². The first-order chi connectivity index (χ1) is 12.4. The van der Waals surface area contributed by atoms with E-state index in [-0.39, 0.29) is 5.11 Å². The first kappa shape index (κ1) is 20.9. The second kappa shape index (κ2) is 10.1. The summed E-state index contributed by atoms with van der Waals surface area (Å²) in [5, 5.41) is 6.42. The lowest BCUT2D eigenvalue weighted by molar-refractivity contribution is 0.0969. The minimum Gasteiger partial charge on any atom is -0.490 e.